The summed E-state index contributed by atoms with van der Waals surface area (Å²) in [6.07, 6.45) is 1.11. The van der Waals surface area contributed by atoms with Gasteiger partial charge in [0.05, 0.1) is 0 Å². The Kier molecular flexibility index (Phi) is 5.49. The van der Waals surface area contributed by atoms with Gasteiger partial charge in [-0.15, -0.1) is 0 Å². The molecule has 0 spiro atoms. The number of nitrogens with zero attached hydrogens (tertiary/aromatic N) is 2. The van der Waals surface area contributed by atoms with Gasteiger partial charge in [0.1, 0.15) is 0 Å². The summed E-state index contributed by atoms with van der Waals surface area (Å²) in [5.74, 6) is 0. The highest BCUT2D eigenvalue weighted by Gasteiger charge is 2.16. The van der Waals surface area contributed by atoms with Crippen LogP contribution >= 0.6 is 11.6 Å². The molecule has 0 aromatic heterocycles. The van der Waals surface area contributed by atoms with Gasteiger partial charge in [0.25, 0.3) is 0 Å². The van der Waals surface area contributed by atoms with E-state index in [1.165, 1.54) is 24.2 Å². The van der Waals surface area contributed by atoms with Gasteiger partial charge < -0.3 is 4.90 Å². The van der Waals surface area contributed by atoms with E-state index in [2.05, 4.69) is 52.3 Å². The molecule has 0 bridgehead atoms. The van der Waals surface area contributed by atoms with E-state index in [0.717, 1.165) is 37.6 Å². The predicted molar refractivity (Wildman–Crippen MR) is 93.3 cm³/mol. The van der Waals surface area contributed by atoms with E-state index in [9.17, 15) is 0 Å². The highest BCUT2D eigenvalue weighted by Crippen LogP contribution is 2.12. The Morgan fingerprint density at radius 1 is 0.727 bits per heavy atom. The lowest BCUT2D eigenvalue weighted by molar-refractivity contribution is 0.128. The van der Waals surface area contributed by atoms with Crippen LogP contribution in [-0.2, 0) is 13.0 Å². The van der Waals surface area contributed by atoms with Crippen molar-refractivity contribution in [2.24, 2.45) is 0 Å². The smallest absolute Gasteiger partial charge is 0.0406 e. The fourth-order valence-electron chi connectivity index (χ4n) is 2.95. The molecule has 22 heavy (non-hydrogen) atoms. The van der Waals surface area contributed by atoms with E-state index in [0.29, 0.717) is 0 Å². The minimum atomic E-state index is 0.818. The van der Waals surface area contributed by atoms with Crippen LogP contribution in [0.3, 0.4) is 0 Å². The topological polar surface area (TPSA) is 6.48 Å². The van der Waals surface area contributed by atoms with E-state index < -0.39 is 0 Å². The lowest BCUT2D eigenvalue weighted by atomic mass is 10.1. The summed E-state index contributed by atoms with van der Waals surface area (Å²) in [6.45, 7) is 6.87. The van der Waals surface area contributed by atoms with Gasteiger partial charge in [0, 0.05) is 44.3 Å². The number of halogens is 1. The van der Waals surface area contributed by atoms with Crippen LogP contribution in [-0.4, -0.2) is 42.5 Å². The summed E-state index contributed by atoms with van der Waals surface area (Å²) in [4.78, 5) is 5.12. The van der Waals surface area contributed by atoms with Crippen molar-refractivity contribution in [3.8, 4) is 0 Å². The van der Waals surface area contributed by atoms with Gasteiger partial charge in [0.2, 0.25) is 0 Å². The molecule has 1 aliphatic rings. The first-order chi connectivity index (χ1) is 10.8. The Morgan fingerprint density at radius 2 is 1.36 bits per heavy atom. The predicted octanol–water partition coefficient (Wildman–Crippen LogP) is 3.70. The molecule has 0 unspecified atom stereocenters. The van der Waals surface area contributed by atoms with Gasteiger partial charge in [-0.05, 0) is 29.7 Å². The van der Waals surface area contributed by atoms with E-state index in [-0.39, 0.29) is 0 Å². The Bertz CT molecular complexity index is 560. The number of benzene rings is 2. The number of hydrogen-bond acceptors (Lipinski definition) is 2. The van der Waals surface area contributed by atoms with Crippen LogP contribution in [0.4, 0.5) is 0 Å². The van der Waals surface area contributed by atoms with Gasteiger partial charge in [-0.3, -0.25) is 4.90 Å². The van der Waals surface area contributed by atoms with Crippen molar-refractivity contribution in [2.45, 2.75) is 13.0 Å². The maximum atomic E-state index is 5.93. The molecule has 1 fully saturated rings. The zero-order valence-corrected chi connectivity index (χ0v) is 13.7. The van der Waals surface area contributed by atoms with Gasteiger partial charge in [-0.2, -0.15) is 0 Å². The molecule has 1 aliphatic heterocycles. The highest BCUT2D eigenvalue weighted by molar-refractivity contribution is 6.30. The normalized spacial score (nSPS) is 16.8. The Balaban J connectivity index is 1.41. The molecule has 0 N–H and O–H groups in total. The molecule has 0 atom stereocenters. The molecule has 1 heterocycles. The van der Waals surface area contributed by atoms with Crippen LogP contribution in [0.25, 0.3) is 0 Å². The van der Waals surface area contributed by atoms with Gasteiger partial charge in [0.15, 0.2) is 0 Å². The van der Waals surface area contributed by atoms with Crippen LogP contribution in [0.2, 0.25) is 5.02 Å². The van der Waals surface area contributed by atoms with Gasteiger partial charge >= 0.3 is 0 Å². The fourth-order valence-corrected chi connectivity index (χ4v) is 3.08. The molecule has 3 heteroatoms. The third-order valence-corrected chi connectivity index (χ3v) is 4.60. The average Bonchev–Trinajstić information content (AvgIpc) is 2.57. The average molecular weight is 315 g/mol. The first-order valence-corrected chi connectivity index (χ1v) is 8.40. The quantitative estimate of drug-likeness (QED) is 0.830. The van der Waals surface area contributed by atoms with Crippen molar-refractivity contribution in [1.29, 1.82) is 0 Å². The second-order valence-corrected chi connectivity index (χ2v) is 6.42. The summed E-state index contributed by atoms with van der Waals surface area (Å²) in [5.41, 5.74) is 2.79. The molecule has 0 saturated carbocycles. The van der Waals surface area contributed by atoms with Crippen molar-refractivity contribution < 1.29 is 0 Å². The van der Waals surface area contributed by atoms with Crippen LogP contribution in [0.5, 0.6) is 0 Å². The van der Waals surface area contributed by atoms with Crippen LogP contribution in [0, 0.1) is 0 Å². The van der Waals surface area contributed by atoms with Crippen molar-refractivity contribution in [2.75, 3.05) is 32.7 Å². The molecule has 2 aromatic carbocycles. The van der Waals surface area contributed by atoms with Crippen molar-refractivity contribution in [3.05, 3.63) is 70.7 Å². The maximum Gasteiger partial charge on any atom is 0.0406 e. The molecule has 1 saturated heterocycles. The molecule has 0 aliphatic carbocycles. The zero-order chi connectivity index (χ0) is 15.2. The third-order valence-electron chi connectivity index (χ3n) is 4.34. The first kappa shape index (κ1) is 15.5. The van der Waals surface area contributed by atoms with Crippen LogP contribution < -0.4 is 0 Å². The first-order valence-electron chi connectivity index (χ1n) is 8.03. The minimum absolute atomic E-state index is 0.818. The molecule has 2 nitrogen and oxygen atoms in total. The summed E-state index contributed by atoms with van der Waals surface area (Å²) in [5, 5.41) is 0.818. The van der Waals surface area contributed by atoms with Gasteiger partial charge in [-0.25, -0.2) is 0 Å². The summed E-state index contributed by atoms with van der Waals surface area (Å²) in [6, 6.07) is 19.0. The second kappa shape index (κ2) is 7.77. The largest absolute Gasteiger partial charge is 0.300 e. The lowest BCUT2D eigenvalue weighted by Crippen LogP contribution is -2.46. The summed E-state index contributed by atoms with van der Waals surface area (Å²) in [7, 11) is 0. The molecular formula is C19H23ClN2. The number of rotatable bonds is 5. The number of piperazine rings is 1. The minimum Gasteiger partial charge on any atom is -0.300 e. The van der Waals surface area contributed by atoms with Crippen molar-refractivity contribution in [3.63, 3.8) is 0 Å². The van der Waals surface area contributed by atoms with Crippen molar-refractivity contribution >= 4 is 11.6 Å². The van der Waals surface area contributed by atoms with Crippen LogP contribution in [0.1, 0.15) is 11.1 Å². The monoisotopic (exact) mass is 314 g/mol. The SMILES string of the molecule is Clc1ccc(CCN2CCN(Cc3ccccc3)CC2)cc1. The molecular weight excluding hydrogens is 292 g/mol. The summed E-state index contributed by atoms with van der Waals surface area (Å²) >= 11 is 5.93. The zero-order valence-electron chi connectivity index (χ0n) is 12.9. The second-order valence-electron chi connectivity index (χ2n) is 5.98. The molecule has 0 radical (unpaired) electrons. The maximum absolute atomic E-state index is 5.93. The standard InChI is InChI=1S/C19H23ClN2/c20-19-8-6-17(7-9-19)10-11-21-12-14-22(15-13-21)16-18-4-2-1-3-5-18/h1-9H,10-16H2. The third kappa shape index (κ3) is 4.57. The summed E-state index contributed by atoms with van der Waals surface area (Å²) < 4.78 is 0. The van der Waals surface area contributed by atoms with E-state index in [1.807, 2.05) is 12.1 Å². The Morgan fingerprint density at radius 3 is 2.05 bits per heavy atom. The fraction of sp³-hybridized carbons (Fsp3) is 0.368. The Hall–Kier alpha value is -1.35. The highest BCUT2D eigenvalue weighted by atomic mass is 35.5. The van der Waals surface area contributed by atoms with Gasteiger partial charge in [-0.1, -0.05) is 54.1 Å². The molecule has 116 valence electrons. The lowest BCUT2D eigenvalue weighted by Gasteiger charge is -2.34. The molecule has 3 rings (SSSR count). The van der Waals surface area contributed by atoms with Crippen LogP contribution in [0.15, 0.2) is 54.6 Å². The van der Waals surface area contributed by atoms with E-state index >= 15 is 0 Å². The van der Waals surface area contributed by atoms with Crippen molar-refractivity contribution in [1.82, 2.24) is 9.80 Å². The Labute approximate surface area is 138 Å². The molecule has 0 amide bonds. The number of hydrogen-bond donors (Lipinski definition) is 0. The molecule has 2 aromatic rings. The van der Waals surface area contributed by atoms with E-state index in [1.54, 1.807) is 0 Å². The van der Waals surface area contributed by atoms with E-state index in [4.69, 9.17) is 11.6 Å².